The number of piperidine rings is 1. The van der Waals surface area contributed by atoms with Crippen molar-refractivity contribution in [2.24, 2.45) is 0 Å². The SMILES string of the molecule is CCCN1CCC(Nc2ccccc2OC(F)(F)F)CC1. The predicted octanol–water partition coefficient (Wildman–Crippen LogP) is 3.87. The number of nitrogens with one attached hydrogen (secondary N) is 1. The summed E-state index contributed by atoms with van der Waals surface area (Å²) in [5.41, 5.74) is 0.406. The highest BCUT2D eigenvalue weighted by atomic mass is 19.4. The number of likely N-dealkylation sites (tertiary alicyclic amines) is 1. The van der Waals surface area contributed by atoms with E-state index < -0.39 is 6.36 Å². The van der Waals surface area contributed by atoms with Crippen molar-refractivity contribution in [2.45, 2.75) is 38.6 Å². The summed E-state index contributed by atoms with van der Waals surface area (Å²) in [7, 11) is 0. The van der Waals surface area contributed by atoms with E-state index in [-0.39, 0.29) is 11.8 Å². The summed E-state index contributed by atoms with van der Waals surface area (Å²) in [4.78, 5) is 2.39. The van der Waals surface area contributed by atoms with Crippen LogP contribution in [0.3, 0.4) is 0 Å². The lowest BCUT2D eigenvalue weighted by molar-refractivity contribution is -0.274. The van der Waals surface area contributed by atoms with Gasteiger partial charge in [0.25, 0.3) is 0 Å². The summed E-state index contributed by atoms with van der Waals surface area (Å²) in [6.45, 7) is 5.19. The average Bonchev–Trinajstić information content (AvgIpc) is 2.42. The van der Waals surface area contributed by atoms with Crippen molar-refractivity contribution in [3.8, 4) is 5.75 Å². The minimum atomic E-state index is -4.66. The number of nitrogens with zero attached hydrogens (tertiary/aromatic N) is 1. The van der Waals surface area contributed by atoms with Gasteiger partial charge in [-0.25, -0.2) is 0 Å². The van der Waals surface area contributed by atoms with Crippen LogP contribution in [0.2, 0.25) is 0 Å². The molecule has 1 fully saturated rings. The first-order valence-corrected chi connectivity index (χ1v) is 7.31. The third kappa shape index (κ3) is 5.12. The second kappa shape index (κ2) is 7.02. The Labute approximate surface area is 123 Å². The molecule has 1 heterocycles. The summed E-state index contributed by atoms with van der Waals surface area (Å²) in [6.07, 6.45) is -1.68. The van der Waals surface area contributed by atoms with Crippen molar-refractivity contribution in [2.75, 3.05) is 25.0 Å². The van der Waals surface area contributed by atoms with Crippen LogP contribution in [0.1, 0.15) is 26.2 Å². The van der Waals surface area contributed by atoms with E-state index in [1.165, 1.54) is 12.1 Å². The molecule has 0 spiro atoms. The van der Waals surface area contributed by atoms with Crippen LogP contribution in [0.4, 0.5) is 18.9 Å². The van der Waals surface area contributed by atoms with E-state index in [0.717, 1.165) is 38.9 Å². The minimum Gasteiger partial charge on any atom is -0.404 e. The minimum absolute atomic E-state index is 0.166. The maximum Gasteiger partial charge on any atom is 0.573 e. The Morgan fingerprint density at radius 3 is 2.52 bits per heavy atom. The molecule has 118 valence electrons. The molecule has 0 atom stereocenters. The van der Waals surface area contributed by atoms with Crippen LogP contribution in [-0.4, -0.2) is 36.9 Å². The molecule has 1 aromatic carbocycles. The molecule has 1 aliphatic heterocycles. The molecule has 1 aliphatic rings. The molecule has 0 bridgehead atoms. The molecule has 1 aromatic rings. The Hall–Kier alpha value is -1.43. The molecule has 6 heteroatoms. The second-order valence-electron chi connectivity index (χ2n) is 5.30. The zero-order valence-electron chi connectivity index (χ0n) is 12.1. The van der Waals surface area contributed by atoms with Crippen LogP contribution in [0.15, 0.2) is 24.3 Å². The number of halogens is 3. The lowest BCUT2D eigenvalue weighted by Gasteiger charge is -2.32. The zero-order chi connectivity index (χ0) is 15.3. The van der Waals surface area contributed by atoms with E-state index in [9.17, 15) is 13.2 Å². The molecule has 0 aliphatic carbocycles. The van der Waals surface area contributed by atoms with Crippen LogP contribution in [0, 0.1) is 0 Å². The maximum atomic E-state index is 12.4. The topological polar surface area (TPSA) is 24.5 Å². The van der Waals surface area contributed by atoms with Crippen molar-refractivity contribution in [1.29, 1.82) is 0 Å². The van der Waals surface area contributed by atoms with Crippen LogP contribution in [0.25, 0.3) is 0 Å². The van der Waals surface area contributed by atoms with E-state index in [2.05, 4.69) is 21.9 Å². The van der Waals surface area contributed by atoms with E-state index >= 15 is 0 Å². The van der Waals surface area contributed by atoms with E-state index in [1.807, 2.05) is 0 Å². The van der Waals surface area contributed by atoms with Crippen LogP contribution in [-0.2, 0) is 0 Å². The molecule has 0 amide bonds. The van der Waals surface area contributed by atoms with Gasteiger partial charge in [-0.2, -0.15) is 0 Å². The third-order valence-corrected chi connectivity index (χ3v) is 3.60. The van der Waals surface area contributed by atoms with Crippen LogP contribution in [0.5, 0.6) is 5.75 Å². The summed E-state index contributed by atoms with van der Waals surface area (Å²) >= 11 is 0. The summed E-state index contributed by atoms with van der Waals surface area (Å²) in [5, 5.41) is 3.18. The standard InChI is InChI=1S/C15H21F3N2O/c1-2-9-20-10-7-12(8-11-20)19-13-5-3-4-6-14(13)21-15(16,17)18/h3-6,12,19H,2,7-11H2,1H3. The lowest BCUT2D eigenvalue weighted by atomic mass is 10.0. The second-order valence-corrected chi connectivity index (χ2v) is 5.30. The van der Waals surface area contributed by atoms with Gasteiger partial charge in [0, 0.05) is 19.1 Å². The number of hydrogen-bond acceptors (Lipinski definition) is 3. The van der Waals surface area contributed by atoms with Gasteiger partial charge in [0.2, 0.25) is 0 Å². The first-order valence-electron chi connectivity index (χ1n) is 7.31. The molecule has 0 unspecified atom stereocenters. The van der Waals surface area contributed by atoms with Crippen LogP contribution >= 0.6 is 0 Å². The fourth-order valence-corrected chi connectivity index (χ4v) is 2.64. The van der Waals surface area contributed by atoms with Gasteiger partial charge in [0.1, 0.15) is 0 Å². The van der Waals surface area contributed by atoms with Crippen molar-refractivity contribution < 1.29 is 17.9 Å². The van der Waals surface area contributed by atoms with Gasteiger partial charge in [0.15, 0.2) is 5.75 Å². The molecule has 21 heavy (non-hydrogen) atoms. The quantitative estimate of drug-likeness (QED) is 0.893. The number of benzene rings is 1. The highest BCUT2D eigenvalue weighted by Gasteiger charge is 2.32. The van der Waals surface area contributed by atoms with Gasteiger partial charge in [-0.05, 0) is 37.9 Å². The lowest BCUT2D eigenvalue weighted by Crippen LogP contribution is -2.39. The molecule has 1 saturated heterocycles. The number of rotatable bonds is 5. The monoisotopic (exact) mass is 302 g/mol. The van der Waals surface area contributed by atoms with Crippen molar-refractivity contribution in [3.63, 3.8) is 0 Å². The van der Waals surface area contributed by atoms with E-state index in [0.29, 0.717) is 5.69 Å². The van der Waals surface area contributed by atoms with Crippen molar-refractivity contribution in [3.05, 3.63) is 24.3 Å². The normalized spacial score (nSPS) is 17.7. The van der Waals surface area contributed by atoms with Crippen molar-refractivity contribution in [1.82, 2.24) is 4.90 Å². The smallest absolute Gasteiger partial charge is 0.404 e. The summed E-state index contributed by atoms with van der Waals surface area (Å²) in [6, 6.07) is 6.39. The molecule has 3 nitrogen and oxygen atoms in total. The number of anilines is 1. The highest BCUT2D eigenvalue weighted by molar-refractivity contribution is 5.56. The predicted molar refractivity (Wildman–Crippen MR) is 76.5 cm³/mol. The number of hydrogen-bond donors (Lipinski definition) is 1. The number of alkyl halides is 3. The van der Waals surface area contributed by atoms with E-state index in [4.69, 9.17) is 0 Å². The van der Waals surface area contributed by atoms with Gasteiger partial charge < -0.3 is 15.0 Å². The Kier molecular flexibility index (Phi) is 5.33. The van der Waals surface area contributed by atoms with Crippen LogP contribution < -0.4 is 10.1 Å². The number of para-hydroxylation sites is 2. The molecule has 1 N–H and O–H groups in total. The Balaban J connectivity index is 1.94. The van der Waals surface area contributed by atoms with Gasteiger partial charge in [-0.15, -0.1) is 13.2 Å². The molecule has 0 saturated carbocycles. The third-order valence-electron chi connectivity index (χ3n) is 3.60. The maximum absolute atomic E-state index is 12.4. The Morgan fingerprint density at radius 2 is 1.90 bits per heavy atom. The van der Waals surface area contributed by atoms with Gasteiger partial charge in [0.05, 0.1) is 5.69 Å². The Morgan fingerprint density at radius 1 is 1.24 bits per heavy atom. The fourth-order valence-electron chi connectivity index (χ4n) is 2.64. The van der Waals surface area contributed by atoms with Gasteiger partial charge >= 0.3 is 6.36 Å². The van der Waals surface area contributed by atoms with Gasteiger partial charge in [-0.1, -0.05) is 19.1 Å². The molecule has 0 aromatic heterocycles. The van der Waals surface area contributed by atoms with Gasteiger partial charge in [-0.3, -0.25) is 0 Å². The number of ether oxygens (including phenoxy) is 1. The summed E-state index contributed by atoms with van der Waals surface area (Å²) < 4.78 is 41.2. The van der Waals surface area contributed by atoms with Crippen molar-refractivity contribution >= 4 is 5.69 Å². The first-order chi connectivity index (χ1) is 9.98. The summed E-state index contributed by atoms with van der Waals surface area (Å²) in [5.74, 6) is -0.166. The largest absolute Gasteiger partial charge is 0.573 e. The highest BCUT2D eigenvalue weighted by Crippen LogP contribution is 2.31. The molecular formula is C15H21F3N2O. The fraction of sp³-hybridized carbons (Fsp3) is 0.600. The molecule has 0 radical (unpaired) electrons. The zero-order valence-corrected chi connectivity index (χ0v) is 12.1. The Bertz CT molecular complexity index is 443. The van der Waals surface area contributed by atoms with E-state index in [1.54, 1.807) is 12.1 Å². The molecular weight excluding hydrogens is 281 g/mol. The molecule has 2 rings (SSSR count). The first kappa shape index (κ1) is 15.9. The average molecular weight is 302 g/mol.